The van der Waals surface area contributed by atoms with E-state index >= 15 is 0 Å². The van der Waals surface area contributed by atoms with Crippen LogP contribution < -0.4 is 4.90 Å². The highest BCUT2D eigenvalue weighted by atomic mass is 16.5. The van der Waals surface area contributed by atoms with Crippen LogP contribution in [0.25, 0.3) is 0 Å². The zero-order chi connectivity index (χ0) is 11.5. The third-order valence-electron chi connectivity index (χ3n) is 2.92. The number of carbonyl (C=O) groups excluding carboxylic acids is 1. The van der Waals surface area contributed by atoms with Gasteiger partial charge in [0, 0.05) is 19.3 Å². The monoisotopic (exact) mass is 219 g/mol. The molecular weight excluding hydrogens is 202 g/mol. The molecule has 86 valence electrons. The summed E-state index contributed by atoms with van der Waals surface area (Å²) < 4.78 is 4.90. The molecule has 3 nitrogen and oxygen atoms in total. The first-order chi connectivity index (χ1) is 7.72. The fraction of sp³-hybridized carbons (Fsp3) is 0.462. The zero-order valence-corrected chi connectivity index (χ0v) is 9.82. The minimum absolute atomic E-state index is 0.0484. The Morgan fingerprint density at radius 1 is 1.50 bits per heavy atom. The van der Waals surface area contributed by atoms with Crippen molar-refractivity contribution < 1.29 is 9.53 Å². The van der Waals surface area contributed by atoms with Crippen molar-refractivity contribution in [3.8, 4) is 0 Å². The fourth-order valence-electron chi connectivity index (χ4n) is 2.19. The third-order valence-corrected chi connectivity index (χ3v) is 2.92. The van der Waals surface area contributed by atoms with Gasteiger partial charge in [-0.25, -0.2) is 0 Å². The van der Waals surface area contributed by atoms with Gasteiger partial charge in [-0.1, -0.05) is 17.7 Å². The first-order valence-electron chi connectivity index (χ1n) is 5.61. The largest absolute Gasteiger partial charge is 0.375 e. The number of aryl methyl sites for hydroxylation is 2. The number of amides is 1. The van der Waals surface area contributed by atoms with Crippen LogP contribution in [-0.4, -0.2) is 26.2 Å². The Hall–Kier alpha value is -1.35. The Morgan fingerprint density at radius 2 is 2.31 bits per heavy atom. The van der Waals surface area contributed by atoms with Crippen LogP contribution in [0.4, 0.5) is 5.69 Å². The first kappa shape index (κ1) is 11.1. The van der Waals surface area contributed by atoms with Crippen molar-refractivity contribution in [3.05, 3.63) is 29.3 Å². The highest BCUT2D eigenvalue weighted by Gasteiger charge is 2.21. The Labute approximate surface area is 96.0 Å². The van der Waals surface area contributed by atoms with Crippen LogP contribution in [0.2, 0.25) is 0 Å². The van der Waals surface area contributed by atoms with Crippen molar-refractivity contribution in [1.29, 1.82) is 0 Å². The number of ether oxygens (including phenoxy) is 1. The third kappa shape index (κ3) is 2.09. The van der Waals surface area contributed by atoms with Gasteiger partial charge in [0.25, 0.3) is 5.91 Å². The number of anilines is 1. The average molecular weight is 219 g/mol. The number of benzene rings is 1. The molecule has 2 rings (SSSR count). The quantitative estimate of drug-likeness (QED) is 0.760. The van der Waals surface area contributed by atoms with Crippen molar-refractivity contribution in [2.75, 3.05) is 25.2 Å². The molecule has 0 saturated carbocycles. The molecule has 16 heavy (non-hydrogen) atoms. The molecule has 0 spiro atoms. The maximum Gasteiger partial charge on any atom is 0.252 e. The molecule has 0 N–H and O–H groups in total. The van der Waals surface area contributed by atoms with E-state index in [0.717, 1.165) is 25.1 Å². The second-order valence-corrected chi connectivity index (χ2v) is 4.21. The van der Waals surface area contributed by atoms with Crippen LogP contribution in [-0.2, 0) is 16.0 Å². The summed E-state index contributed by atoms with van der Waals surface area (Å²) in [6.07, 6.45) is 2.10. The van der Waals surface area contributed by atoms with E-state index in [-0.39, 0.29) is 12.5 Å². The lowest BCUT2D eigenvalue weighted by Gasteiger charge is -2.29. The van der Waals surface area contributed by atoms with Crippen LogP contribution in [0.1, 0.15) is 17.5 Å². The Balaban J connectivity index is 2.29. The first-order valence-corrected chi connectivity index (χ1v) is 5.61. The van der Waals surface area contributed by atoms with Crippen LogP contribution >= 0.6 is 0 Å². The van der Waals surface area contributed by atoms with E-state index in [4.69, 9.17) is 4.74 Å². The van der Waals surface area contributed by atoms with Gasteiger partial charge in [-0.2, -0.15) is 0 Å². The van der Waals surface area contributed by atoms with Gasteiger partial charge in [0.1, 0.15) is 6.61 Å². The smallest absolute Gasteiger partial charge is 0.252 e. The van der Waals surface area contributed by atoms with Crippen molar-refractivity contribution >= 4 is 11.6 Å². The number of hydrogen-bond acceptors (Lipinski definition) is 2. The molecule has 1 aromatic rings. The number of nitrogens with zero attached hydrogens (tertiary/aromatic N) is 1. The number of rotatable bonds is 2. The Bertz CT molecular complexity index is 401. The molecule has 1 amide bonds. The lowest BCUT2D eigenvalue weighted by Crippen LogP contribution is -2.37. The van der Waals surface area contributed by atoms with Crippen molar-refractivity contribution in [2.45, 2.75) is 19.8 Å². The van der Waals surface area contributed by atoms with E-state index in [1.54, 1.807) is 7.11 Å². The molecular formula is C13H17NO2. The van der Waals surface area contributed by atoms with Gasteiger partial charge in [0.15, 0.2) is 0 Å². The molecule has 0 unspecified atom stereocenters. The summed E-state index contributed by atoms with van der Waals surface area (Å²) in [6.45, 7) is 3.04. The van der Waals surface area contributed by atoms with E-state index < -0.39 is 0 Å². The summed E-state index contributed by atoms with van der Waals surface area (Å²) in [7, 11) is 1.55. The summed E-state index contributed by atoms with van der Waals surface area (Å²) >= 11 is 0. The van der Waals surface area contributed by atoms with E-state index in [0.29, 0.717) is 0 Å². The van der Waals surface area contributed by atoms with Crippen LogP contribution in [0.15, 0.2) is 18.2 Å². The molecule has 1 aliphatic heterocycles. The molecule has 0 aromatic heterocycles. The van der Waals surface area contributed by atoms with Gasteiger partial charge in [0.2, 0.25) is 0 Å². The van der Waals surface area contributed by atoms with E-state index in [1.165, 1.54) is 11.1 Å². The van der Waals surface area contributed by atoms with E-state index in [1.807, 2.05) is 11.0 Å². The molecule has 0 atom stereocenters. The Morgan fingerprint density at radius 3 is 3.06 bits per heavy atom. The summed E-state index contributed by atoms with van der Waals surface area (Å²) in [6, 6.07) is 6.26. The molecule has 3 heteroatoms. The maximum absolute atomic E-state index is 11.8. The molecule has 0 saturated heterocycles. The fourth-order valence-corrected chi connectivity index (χ4v) is 2.19. The normalized spacial score (nSPS) is 14.8. The van der Waals surface area contributed by atoms with Gasteiger partial charge in [-0.15, -0.1) is 0 Å². The zero-order valence-electron chi connectivity index (χ0n) is 9.82. The molecule has 1 aromatic carbocycles. The van der Waals surface area contributed by atoms with E-state index in [2.05, 4.69) is 19.1 Å². The van der Waals surface area contributed by atoms with Gasteiger partial charge < -0.3 is 9.64 Å². The Kier molecular flexibility index (Phi) is 3.25. The topological polar surface area (TPSA) is 29.5 Å². The van der Waals surface area contributed by atoms with Gasteiger partial charge >= 0.3 is 0 Å². The maximum atomic E-state index is 11.8. The second kappa shape index (κ2) is 4.66. The second-order valence-electron chi connectivity index (χ2n) is 4.21. The van der Waals surface area contributed by atoms with Crippen molar-refractivity contribution in [1.82, 2.24) is 0 Å². The SMILES string of the molecule is COCC(=O)N1CCCc2cc(C)ccc21. The highest BCUT2D eigenvalue weighted by molar-refractivity contribution is 5.95. The van der Waals surface area contributed by atoms with Crippen molar-refractivity contribution in [2.24, 2.45) is 0 Å². The van der Waals surface area contributed by atoms with Crippen LogP contribution in [0.3, 0.4) is 0 Å². The van der Waals surface area contributed by atoms with Gasteiger partial charge in [-0.3, -0.25) is 4.79 Å². The predicted molar refractivity (Wildman–Crippen MR) is 63.7 cm³/mol. The average Bonchev–Trinajstić information content (AvgIpc) is 2.28. The summed E-state index contributed by atoms with van der Waals surface area (Å²) in [4.78, 5) is 13.7. The minimum atomic E-state index is 0.0484. The predicted octanol–water partition coefficient (Wildman–Crippen LogP) is 1.92. The molecule has 1 aliphatic rings. The van der Waals surface area contributed by atoms with Gasteiger partial charge in [-0.05, 0) is 31.4 Å². The number of fused-ring (bicyclic) bond motifs is 1. The highest BCUT2D eigenvalue weighted by Crippen LogP contribution is 2.27. The molecule has 1 heterocycles. The standard InChI is InChI=1S/C13H17NO2/c1-10-5-6-12-11(8-10)4-3-7-14(12)13(15)9-16-2/h5-6,8H,3-4,7,9H2,1-2H3. The summed E-state index contributed by atoms with van der Waals surface area (Å²) in [5.74, 6) is 0.0484. The lowest BCUT2D eigenvalue weighted by molar-refractivity contribution is -0.122. The molecule has 0 aliphatic carbocycles. The molecule has 0 radical (unpaired) electrons. The lowest BCUT2D eigenvalue weighted by atomic mass is 9.99. The number of carbonyl (C=O) groups is 1. The summed E-state index contributed by atoms with van der Waals surface area (Å²) in [5, 5.41) is 0. The molecule has 0 bridgehead atoms. The minimum Gasteiger partial charge on any atom is -0.375 e. The van der Waals surface area contributed by atoms with Gasteiger partial charge in [0.05, 0.1) is 0 Å². The van der Waals surface area contributed by atoms with Crippen LogP contribution in [0, 0.1) is 6.92 Å². The van der Waals surface area contributed by atoms with Crippen LogP contribution in [0.5, 0.6) is 0 Å². The van der Waals surface area contributed by atoms with E-state index in [9.17, 15) is 4.79 Å². The number of hydrogen-bond donors (Lipinski definition) is 0. The number of methoxy groups -OCH3 is 1. The summed E-state index contributed by atoms with van der Waals surface area (Å²) in [5.41, 5.74) is 3.58. The van der Waals surface area contributed by atoms with Crippen molar-refractivity contribution in [3.63, 3.8) is 0 Å². The molecule has 0 fully saturated rings.